The highest BCUT2D eigenvalue weighted by Gasteiger charge is 2.28. The van der Waals surface area contributed by atoms with Gasteiger partial charge >= 0.3 is 5.97 Å². The van der Waals surface area contributed by atoms with E-state index in [4.69, 9.17) is 14.1 Å². The van der Waals surface area contributed by atoms with Crippen molar-refractivity contribution in [2.75, 3.05) is 4.90 Å². The number of ether oxygens (including phenoxy) is 1. The third-order valence-electron chi connectivity index (χ3n) is 5.64. The molecular weight excluding hydrogens is 433 g/mol. The van der Waals surface area contributed by atoms with E-state index >= 15 is 0 Å². The Balaban J connectivity index is 1.61. The molecule has 0 saturated heterocycles. The summed E-state index contributed by atoms with van der Waals surface area (Å²) in [7, 11) is 0. The molecule has 0 radical (unpaired) electrons. The van der Waals surface area contributed by atoms with Gasteiger partial charge in [-0.3, -0.25) is 9.36 Å². The van der Waals surface area contributed by atoms with Crippen LogP contribution in [-0.2, 0) is 24.3 Å². The molecule has 0 amide bonds. The minimum Gasteiger partial charge on any atom is -0.466 e. The highest BCUT2D eigenvalue weighted by Crippen LogP contribution is 2.35. The van der Waals surface area contributed by atoms with Gasteiger partial charge in [0.15, 0.2) is 0 Å². The van der Waals surface area contributed by atoms with Crippen molar-refractivity contribution < 1.29 is 18.3 Å². The average molecular weight is 458 g/mol. The summed E-state index contributed by atoms with van der Waals surface area (Å²) in [6.07, 6.45) is 2.99. The number of imidazole rings is 1. The predicted octanol–water partition coefficient (Wildman–Crippen LogP) is 5.50. The molecule has 0 fully saturated rings. The third kappa shape index (κ3) is 4.50. The molecule has 0 aliphatic carbocycles. The van der Waals surface area contributed by atoms with E-state index in [9.17, 15) is 9.18 Å². The van der Waals surface area contributed by atoms with Gasteiger partial charge < -0.3 is 14.1 Å². The number of esters is 1. The van der Waals surface area contributed by atoms with E-state index in [2.05, 4.69) is 12.1 Å². The molecule has 1 aliphatic heterocycles. The monoisotopic (exact) mass is 457 g/mol. The standard InChI is InChI=1S/C27H24FN3O3/c1-18-11-12-24(33-18)15-25-27(34-19(2)32)31-17-30(23-10-6-9-22(28)14-23)16-21(26(31)29-25)13-20-7-4-3-5-8-20/h3-12,14,16H,13,15,17H2,1-2H3. The smallest absolute Gasteiger partial charge is 0.309 e. The van der Waals surface area contributed by atoms with Crippen molar-refractivity contribution in [3.05, 3.63) is 107 Å². The van der Waals surface area contributed by atoms with Crippen LogP contribution in [-0.4, -0.2) is 15.5 Å². The maximum atomic E-state index is 14.0. The van der Waals surface area contributed by atoms with Crippen LogP contribution in [0.3, 0.4) is 0 Å². The number of carbonyl (C=O) groups is 1. The lowest BCUT2D eigenvalue weighted by Crippen LogP contribution is -2.27. The van der Waals surface area contributed by atoms with Crippen molar-refractivity contribution in [1.82, 2.24) is 9.55 Å². The Bertz CT molecular complexity index is 1370. The topological polar surface area (TPSA) is 60.5 Å². The van der Waals surface area contributed by atoms with E-state index in [1.807, 2.05) is 59.0 Å². The van der Waals surface area contributed by atoms with Crippen molar-refractivity contribution in [3.63, 3.8) is 0 Å². The summed E-state index contributed by atoms with van der Waals surface area (Å²) in [5.41, 5.74) is 3.35. The van der Waals surface area contributed by atoms with E-state index < -0.39 is 5.97 Å². The van der Waals surface area contributed by atoms with Gasteiger partial charge in [0.1, 0.15) is 35.5 Å². The van der Waals surface area contributed by atoms with E-state index in [1.54, 1.807) is 6.07 Å². The quantitative estimate of drug-likeness (QED) is 0.358. The number of anilines is 1. The Labute approximate surface area is 196 Å². The van der Waals surface area contributed by atoms with Crippen LogP contribution in [0.4, 0.5) is 10.1 Å². The van der Waals surface area contributed by atoms with Gasteiger partial charge in [0.2, 0.25) is 5.88 Å². The number of hydrogen-bond acceptors (Lipinski definition) is 5. The lowest BCUT2D eigenvalue weighted by Gasteiger charge is -2.29. The summed E-state index contributed by atoms with van der Waals surface area (Å²) in [6, 6.07) is 20.3. The van der Waals surface area contributed by atoms with Crippen LogP contribution < -0.4 is 9.64 Å². The van der Waals surface area contributed by atoms with Crippen LogP contribution in [0, 0.1) is 12.7 Å². The molecule has 0 unspecified atom stereocenters. The molecule has 0 atom stereocenters. The maximum Gasteiger partial charge on any atom is 0.309 e. The second-order valence-corrected chi connectivity index (χ2v) is 8.31. The molecule has 6 nitrogen and oxygen atoms in total. The van der Waals surface area contributed by atoms with Crippen LogP contribution in [0.1, 0.15) is 35.5 Å². The fourth-order valence-electron chi connectivity index (χ4n) is 4.17. The third-order valence-corrected chi connectivity index (χ3v) is 5.64. The van der Waals surface area contributed by atoms with Gasteiger partial charge in [0.25, 0.3) is 0 Å². The van der Waals surface area contributed by atoms with Crippen molar-refractivity contribution in [3.8, 4) is 5.88 Å². The molecule has 0 N–H and O–H groups in total. The van der Waals surface area contributed by atoms with Gasteiger partial charge in [-0.1, -0.05) is 36.4 Å². The average Bonchev–Trinajstić information content (AvgIpc) is 3.37. The van der Waals surface area contributed by atoms with Gasteiger partial charge in [-0.15, -0.1) is 0 Å². The summed E-state index contributed by atoms with van der Waals surface area (Å²) in [5.74, 6) is 1.87. The Morgan fingerprint density at radius 3 is 2.62 bits per heavy atom. The van der Waals surface area contributed by atoms with E-state index in [-0.39, 0.29) is 5.82 Å². The van der Waals surface area contributed by atoms with Crippen molar-refractivity contribution in [2.45, 2.75) is 33.4 Å². The summed E-state index contributed by atoms with van der Waals surface area (Å²) >= 11 is 0. The zero-order valence-electron chi connectivity index (χ0n) is 19.0. The highest BCUT2D eigenvalue weighted by atomic mass is 19.1. The first-order chi connectivity index (χ1) is 16.5. The second-order valence-electron chi connectivity index (χ2n) is 8.31. The Morgan fingerprint density at radius 1 is 1.09 bits per heavy atom. The molecule has 2 aromatic heterocycles. The Morgan fingerprint density at radius 2 is 1.91 bits per heavy atom. The van der Waals surface area contributed by atoms with E-state index in [1.165, 1.54) is 19.1 Å². The fraction of sp³-hybridized carbons (Fsp3) is 0.185. The van der Waals surface area contributed by atoms with Crippen molar-refractivity contribution >= 4 is 17.2 Å². The van der Waals surface area contributed by atoms with Crippen LogP contribution >= 0.6 is 0 Å². The first-order valence-electron chi connectivity index (χ1n) is 11.1. The highest BCUT2D eigenvalue weighted by molar-refractivity contribution is 5.72. The van der Waals surface area contributed by atoms with Gasteiger partial charge in [0.05, 0.1) is 6.42 Å². The number of hydrogen-bond donors (Lipinski definition) is 0. The van der Waals surface area contributed by atoms with Gasteiger partial charge in [-0.2, -0.15) is 0 Å². The van der Waals surface area contributed by atoms with Gasteiger partial charge in [-0.05, 0) is 42.8 Å². The lowest BCUT2D eigenvalue weighted by molar-refractivity contribution is -0.132. The molecular formula is C27H24FN3O3. The molecule has 0 spiro atoms. The minimum absolute atomic E-state index is 0.318. The summed E-state index contributed by atoms with van der Waals surface area (Å²) < 4.78 is 27.3. The Kier molecular flexibility index (Phi) is 5.76. The first kappa shape index (κ1) is 21.7. The summed E-state index contributed by atoms with van der Waals surface area (Å²) in [6.45, 7) is 3.57. The number of benzene rings is 2. The van der Waals surface area contributed by atoms with Gasteiger partial charge in [0, 0.05) is 30.8 Å². The van der Waals surface area contributed by atoms with Crippen molar-refractivity contribution in [2.24, 2.45) is 0 Å². The molecule has 4 aromatic rings. The molecule has 5 rings (SSSR count). The van der Waals surface area contributed by atoms with E-state index in [0.717, 1.165) is 22.7 Å². The fourth-order valence-corrected chi connectivity index (χ4v) is 4.17. The number of carbonyl (C=O) groups excluding carboxylic acids is 1. The van der Waals surface area contributed by atoms with Crippen molar-refractivity contribution in [1.29, 1.82) is 0 Å². The molecule has 34 heavy (non-hydrogen) atoms. The van der Waals surface area contributed by atoms with E-state index in [0.29, 0.717) is 42.6 Å². The number of aromatic nitrogens is 2. The molecule has 172 valence electrons. The number of aryl methyl sites for hydroxylation is 1. The maximum absolute atomic E-state index is 14.0. The molecule has 0 saturated carbocycles. The predicted molar refractivity (Wildman–Crippen MR) is 127 cm³/mol. The molecule has 2 aromatic carbocycles. The normalized spacial score (nSPS) is 12.9. The second kappa shape index (κ2) is 9.02. The molecule has 7 heteroatoms. The van der Waals surface area contributed by atoms with Crippen LogP contribution in [0.15, 0.2) is 77.3 Å². The summed E-state index contributed by atoms with van der Waals surface area (Å²) in [4.78, 5) is 18.8. The van der Waals surface area contributed by atoms with Crippen LogP contribution in [0.2, 0.25) is 0 Å². The SMILES string of the molecule is CC(=O)Oc1c(Cc2ccc(C)o2)nc2n1CN(c1cccc(F)c1)C=C2Cc1ccccc1. The number of rotatable bonds is 6. The minimum atomic E-state index is -0.434. The lowest BCUT2D eigenvalue weighted by atomic mass is 10.0. The zero-order chi connectivity index (χ0) is 23.7. The first-order valence-corrected chi connectivity index (χ1v) is 11.1. The van der Waals surface area contributed by atoms with Gasteiger partial charge in [-0.25, -0.2) is 9.37 Å². The Hall–Kier alpha value is -4.13. The number of fused-ring (bicyclic) bond motifs is 1. The van der Waals surface area contributed by atoms with Crippen LogP contribution in [0.5, 0.6) is 5.88 Å². The molecule has 3 heterocycles. The molecule has 1 aliphatic rings. The number of halogens is 1. The largest absolute Gasteiger partial charge is 0.466 e. The number of nitrogens with zero attached hydrogens (tertiary/aromatic N) is 3. The number of furan rings is 1. The van der Waals surface area contributed by atoms with Crippen LogP contribution in [0.25, 0.3) is 5.57 Å². The molecule has 0 bridgehead atoms. The summed E-state index contributed by atoms with van der Waals surface area (Å²) in [5, 5.41) is 0. The zero-order valence-corrected chi connectivity index (χ0v) is 19.0. The number of allylic oxidation sites excluding steroid dienone is 1.